The molecule has 1 unspecified atom stereocenters. The first-order valence-electron chi connectivity index (χ1n) is 4.10. The highest BCUT2D eigenvalue weighted by molar-refractivity contribution is 5.67. The summed E-state index contributed by atoms with van der Waals surface area (Å²) in [5, 5.41) is 11.8. The zero-order valence-corrected chi connectivity index (χ0v) is 7.82. The molecule has 0 aliphatic heterocycles. The summed E-state index contributed by atoms with van der Waals surface area (Å²) in [6.45, 7) is 1.58. The van der Waals surface area contributed by atoms with Crippen LogP contribution in [0.1, 0.15) is 18.0 Å². The molecule has 0 amide bonds. The van der Waals surface area contributed by atoms with Gasteiger partial charge in [0, 0.05) is 6.20 Å². The van der Waals surface area contributed by atoms with Crippen LogP contribution < -0.4 is 0 Å². The third-order valence-electron chi connectivity index (χ3n) is 1.80. The molecule has 0 saturated carbocycles. The van der Waals surface area contributed by atoms with Crippen LogP contribution in [0.2, 0.25) is 0 Å². The standard InChI is InChI=1S/C8H9F3N2O2/c1-5-3-12-13(4-5)6(2-7(14)15)8(9,10)11/h3-4,6H,2H2,1H3,(H,14,15). The first kappa shape index (κ1) is 11.5. The fourth-order valence-electron chi connectivity index (χ4n) is 1.13. The van der Waals surface area contributed by atoms with Crippen molar-refractivity contribution in [3.8, 4) is 0 Å². The van der Waals surface area contributed by atoms with Crippen LogP contribution in [0.3, 0.4) is 0 Å². The topological polar surface area (TPSA) is 55.1 Å². The number of rotatable bonds is 3. The normalized spacial score (nSPS) is 13.9. The Kier molecular flexibility index (Phi) is 3.01. The highest BCUT2D eigenvalue weighted by Crippen LogP contribution is 2.32. The highest BCUT2D eigenvalue weighted by Gasteiger charge is 2.42. The predicted molar refractivity (Wildman–Crippen MR) is 44.3 cm³/mol. The molecular formula is C8H9F3N2O2. The van der Waals surface area contributed by atoms with E-state index < -0.39 is 24.6 Å². The third kappa shape index (κ3) is 2.97. The van der Waals surface area contributed by atoms with Crippen LogP contribution in [0.25, 0.3) is 0 Å². The van der Waals surface area contributed by atoms with Gasteiger partial charge in [0.2, 0.25) is 0 Å². The molecule has 7 heteroatoms. The van der Waals surface area contributed by atoms with Gasteiger partial charge in [-0.1, -0.05) is 0 Å². The summed E-state index contributed by atoms with van der Waals surface area (Å²) >= 11 is 0. The zero-order chi connectivity index (χ0) is 11.6. The Bertz CT molecular complexity index is 359. The Hall–Kier alpha value is -1.53. The number of aryl methyl sites for hydroxylation is 1. The summed E-state index contributed by atoms with van der Waals surface area (Å²) in [4.78, 5) is 10.3. The average molecular weight is 222 g/mol. The lowest BCUT2D eigenvalue weighted by molar-refractivity contribution is -0.179. The van der Waals surface area contributed by atoms with Gasteiger partial charge in [-0.15, -0.1) is 0 Å². The van der Waals surface area contributed by atoms with Crippen LogP contribution in [-0.2, 0) is 4.79 Å². The van der Waals surface area contributed by atoms with E-state index in [-0.39, 0.29) is 0 Å². The number of hydrogen-bond acceptors (Lipinski definition) is 2. The molecule has 1 atom stereocenters. The fraction of sp³-hybridized carbons (Fsp3) is 0.500. The largest absolute Gasteiger partial charge is 0.481 e. The molecule has 1 aromatic heterocycles. The number of alkyl halides is 3. The van der Waals surface area contributed by atoms with E-state index in [0.717, 1.165) is 0 Å². The van der Waals surface area contributed by atoms with E-state index in [9.17, 15) is 18.0 Å². The van der Waals surface area contributed by atoms with E-state index in [0.29, 0.717) is 10.2 Å². The van der Waals surface area contributed by atoms with Gasteiger partial charge in [-0.2, -0.15) is 18.3 Å². The lowest BCUT2D eigenvalue weighted by Crippen LogP contribution is -2.29. The van der Waals surface area contributed by atoms with Crippen molar-refractivity contribution in [2.24, 2.45) is 0 Å². The van der Waals surface area contributed by atoms with E-state index >= 15 is 0 Å². The summed E-state index contributed by atoms with van der Waals surface area (Å²) in [5.74, 6) is -1.51. The molecule has 0 spiro atoms. The molecule has 0 aromatic carbocycles. The van der Waals surface area contributed by atoms with Crippen molar-refractivity contribution in [2.45, 2.75) is 25.6 Å². The number of carboxylic acid groups (broad SMARTS) is 1. The molecule has 0 radical (unpaired) electrons. The molecule has 4 nitrogen and oxygen atoms in total. The number of nitrogens with zero attached hydrogens (tertiary/aromatic N) is 2. The van der Waals surface area contributed by atoms with Crippen LogP contribution in [-0.4, -0.2) is 27.0 Å². The van der Waals surface area contributed by atoms with Gasteiger partial charge in [0.05, 0.1) is 12.6 Å². The summed E-state index contributed by atoms with van der Waals surface area (Å²) in [6, 6.07) is -2.11. The summed E-state index contributed by atoms with van der Waals surface area (Å²) in [5.41, 5.74) is 0.551. The van der Waals surface area contributed by atoms with Crippen molar-refractivity contribution in [1.29, 1.82) is 0 Å². The average Bonchev–Trinajstić information content (AvgIpc) is 2.45. The molecule has 1 N–H and O–H groups in total. The first-order valence-corrected chi connectivity index (χ1v) is 4.10. The van der Waals surface area contributed by atoms with E-state index in [4.69, 9.17) is 5.11 Å². The molecule has 0 saturated heterocycles. The van der Waals surface area contributed by atoms with Crippen molar-refractivity contribution in [2.75, 3.05) is 0 Å². The number of carbonyl (C=O) groups is 1. The Labute approximate surface area is 83.3 Å². The third-order valence-corrected chi connectivity index (χ3v) is 1.80. The zero-order valence-electron chi connectivity index (χ0n) is 7.82. The molecule has 1 aromatic rings. The lowest BCUT2D eigenvalue weighted by atomic mass is 10.2. The molecule has 15 heavy (non-hydrogen) atoms. The molecule has 0 aliphatic carbocycles. The minimum absolute atomic E-state index is 0.551. The summed E-state index contributed by atoms with van der Waals surface area (Å²) < 4.78 is 38.0. The van der Waals surface area contributed by atoms with Crippen molar-refractivity contribution in [1.82, 2.24) is 9.78 Å². The quantitative estimate of drug-likeness (QED) is 0.847. The van der Waals surface area contributed by atoms with Gasteiger partial charge in [-0.05, 0) is 12.5 Å². The van der Waals surface area contributed by atoms with Crippen LogP contribution in [0.4, 0.5) is 13.2 Å². The number of aromatic nitrogens is 2. The molecule has 1 heterocycles. The molecule has 0 fully saturated rings. The van der Waals surface area contributed by atoms with Crippen LogP contribution >= 0.6 is 0 Å². The maximum Gasteiger partial charge on any atom is 0.411 e. The Morgan fingerprint density at radius 1 is 1.67 bits per heavy atom. The summed E-state index contributed by atoms with van der Waals surface area (Å²) in [7, 11) is 0. The number of aliphatic carboxylic acids is 1. The Morgan fingerprint density at radius 3 is 2.60 bits per heavy atom. The maximum absolute atomic E-state index is 12.5. The van der Waals surface area contributed by atoms with Crippen molar-refractivity contribution in [3.63, 3.8) is 0 Å². The van der Waals surface area contributed by atoms with E-state index in [1.54, 1.807) is 6.92 Å². The van der Waals surface area contributed by atoms with Crippen LogP contribution in [0, 0.1) is 6.92 Å². The Morgan fingerprint density at radius 2 is 2.27 bits per heavy atom. The Balaban J connectivity index is 2.96. The van der Waals surface area contributed by atoms with E-state index in [2.05, 4.69) is 5.10 Å². The second kappa shape index (κ2) is 3.92. The monoisotopic (exact) mass is 222 g/mol. The second-order valence-corrected chi connectivity index (χ2v) is 3.15. The second-order valence-electron chi connectivity index (χ2n) is 3.15. The molecule has 84 valence electrons. The van der Waals surface area contributed by atoms with Gasteiger partial charge in [-0.25, -0.2) is 0 Å². The molecule has 0 bridgehead atoms. The van der Waals surface area contributed by atoms with Crippen molar-refractivity contribution < 1.29 is 23.1 Å². The minimum atomic E-state index is -4.61. The number of halogens is 3. The molecule has 1 rings (SSSR count). The van der Waals surface area contributed by atoms with Crippen molar-refractivity contribution in [3.05, 3.63) is 18.0 Å². The lowest BCUT2D eigenvalue weighted by Gasteiger charge is -2.18. The van der Waals surface area contributed by atoms with Gasteiger partial charge in [0.15, 0.2) is 6.04 Å². The van der Waals surface area contributed by atoms with Crippen LogP contribution in [0.15, 0.2) is 12.4 Å². The smallest absolute Gasteiger partial charge is 0.411 e. The first-order chi connectivity index (χ1) is 6.80. The van der Waals surface area contributed by atoms with Gasteiger partial charge in [0.25, 0.3) is 0 Å². The number of carboxylic acids is 1. The summed E-state index contributed by atoms with van der Waals surface area (Å²) in [6.07, 6.45) is -3.22. The maximum atomic E-state index is 12.5. The van der Waals surface area contributed by atoms with E-state index in [1.165, 1.54) is 12.4 Å². The number of hydrogen-bond donors (Lipinski definition) is 1. The van der Waals surface area contributed by atoms with Crippen LogP contribution in [0.5, 0.6) is 0 Å². The van der Waals surface area contributed by atoms with Gasteiger partial charge in [-0.3, -0.25) is 9.48 Å². The SMILES string of the molecule is Cc1cnn(C(CC(=O)O)C(F)(F)F)c1. The fourth-order valence-corrected chi connectivity index (χ4v) is 1.13. The van der Waals surface area contributed by atoms with Gasteiger partial charge in [0.1, 0.15) is 0 Å². The minimum Gasteiger partial charge on any atom is -0.481 e. The van der Waals surface area contributed by atoms with E-state index in [1.807, 2.05) is 0 Å². The predicted octanol–water partition coefficient (Wildman–Crippen LogP) is 1.77. The van der Waals surface area contributed by atoms with Gasteiger partial charge < -0.3 is 5.11 Å². The highest BCUT2D eigenvalue weighted by atomic mass is 19.4. The van der Waals surface area contributed by atoms with Gasteiger partial charge >= 0.3 is 12.1 Å². The van der Waals surface area contributed by atoms with Crippen molar-refractivity contribution >= 4 is 5.97 Å². The molecular weight excluding hydrogens is 213 g/mol. The molecule has 0 aliphatic rings.